The van der Waals surface area contributed by atoms with Crippen molar-refractivity contribution >= 4 is 5.91 Å². The molecule has 0 saturated heterocycles. The molecule has 4 bridgehead atoms. The van der Waals surface area contributed by atoms with E-state index in [1.54, 1.807) is 11.7 Å². The van der Waals surface area contributed by atoms with Gasteiger partial charge in [-0.05, 0) is 62.5 Å². The lowest BCUT2D eigenvalue weighted by molar-refractivity contribution is -0.0811. The number of rotatable bonds is 3. The first-order chi connectivity index (χ1) is 11.6. The second-order valence-electron chi connectivity index (χ2n) is 7.90. The Hall–Kier alpha value is -2.32. The number of carbonyl (C=O) groups is 1. The molecule has 0 spiro atoms. The highest BCUT2D eigenvalue weighted by atomic mass is 16.2. The molecule has 0 radical (unpaired) electrons. The van der Waals surface area contributed by atoms with Crippen LogP contribution in [0.15, 0.2) is 6.33 Å². The SMILES string of the molecule is Cc1n[nH]nc1C(=O)NC12CC3CC(C1)CC(n1ncnn1)(C3)C2. The standard InChI is InChI=1S/C15H20N8O/c1-9-12(20-21-19-9)13(24)18-14-3-10-2-11(4-14)6-15(5-10,7-14)23-17-8-16-22-23/h8,10-11H,2-7H2,1H3,(H,18,24)(H,19,20,21). The van der Waals surface area contributed by atoms with E-state index in [1.165, 1.54) is 12.7 Å². The molecule has 9 nitrogen and oxygen atoms in total. The zero-order valence-electron chi connectivity index (χ0n) is 13.6. The van der Waals surface area contributed by atoms with Crippen LogP contribution >= 0.6 is 0 Å². The molecule has 2 atom stereocenters. The van der Waals surface area contributed by atoms with Gasteiger partial charge in [-0.1, -0.05) is 0 Å². The fourth-order valence-corrected chi connectivity index (χ4v) is 5.78. The Labute approximate surface area is 138 Å². The van der Waals surface area contributed by atoms with E-state index in [4.69, 9.17) is 0 Å². The fraction of sp³-hybridized carbons (Fsp3) is 0.733. The first-order valence-corrected chi connectivity index (χ1v) is 8.51. The highest BCUT2D eigenvalue weighted by molar-refractivity contribution is 5.93. The summed E-state index contributed by atoms with van der Waals surface area (Å²) >= 11 is 0. The van der Waals surface area contributed by atoms with Crippen molar-refractivity contribution in [3.05, 3.63) is 17.7 Å². The summed E-state index contributed by atoms with van der Waals surface area (Å²) in [5.74, 6) is 1.08. The van der Waals surface area contributed by atoms with E-state index in [2.05, 4.69) is 36.1 Å². The van der Waals surface area contributed by atoms with Crippen molar-refractivity contribution in [2.24, 2.45) is 11.8 Å². The lowest BCUT2D eigenvalue weighted by atomic mass is 9.50. The van der Waals surface area contributed by atoms with E-state index in [-0.39, 0.29) is 17.0 Å². The van der Waals surface area contributed by atoms with Crippen LogP contribution < -0.4 is 5.32 Å². The van der Waals surface area contributed by atoms with E-state index >= 15 is 0 Å². The van der Waals surface area contributed by atoms with E-state index in [1.807, 2.05) is 0 Å². The Bertz CT molecular complexity index is 767. The van der Waals surface area contributed by atoms with Crippen molar-refractivity contribution < 1.29 is 4.79 Å². The summed E-state index contributed by atoms with van der Waals surface area (Å²) in [6.07, 6.45) is 7.84. The maximum absolute atomic E-state index is 12.7. The van der Waals surface area contributed by atoms with Crippen LogP contribution in [0.2, 0.25) is 0 Å². The predicted molar refractivity (Wildman–Crippen MR) is 81.8 cm³/mol. The molecule has 24 heavy (non-hydrogen) atoms. The predicted octanol–water partition coefficient (Wildman–Crippen LogP) is 0.578. The Morgan fingerprint density at radius 2 is 2.08 bits per heavy atom. The minimum atomic E-state index is -0.194. The number of hydrogen-bond acceptors (Lipinski definition) is 6. The average molecular weight is 328 g/mol. The molecule has 4 aliphatic carbocycles. The Kier molecular flexibility index (Phi) is 2.70. The van der Waals surface area contributed by atoms with Crippen LogP contribution in [-0.2, 0) is 5.54 Å². The second-order valence-corrected chi connectivity index (χ2v) is 7.90. The van der Waals surface area contributed by atoms with Gasteiger partial charge in [-0.15, -0.1) is 10.2 Å². The zero-order valence-corrected chi connectivity index (χ0v) is 13.6. The monoisotopic (exact) mass is 328 g/mol. The molecule has 0 aliphatic heterocycles. The van der Waals surface area contributed by atoms with Crippen molar-refractivity contribution in [1.82, 2.24) is 40.9 Å². The number of aromatic amines is 1. The molecule has 4 aliphatic rings. The first-order valence-electron chi connectivity index (χ1n) is 8.51. The highest BCUT2D eigenvalue weighted by Crippen LogP contribution is 2.60. The van der Waals surface area contributed by atoms with Gasteiger partial charge < -0.3 is 5.32 Å². The van der Waals surface area contributed by atoms with Gasteiger partial charge in [-0.2, -0.15) is 20.2 Å². The lowest BCUT2D eigenvalue weighted by Crippen LogP contribution is -2.66. The number of nitrogens with zero attached hydrogens (tertiary/aromatic N) is 6. The summed E-state index contributed by atoms with van der Waals surface area (Å²) in [5.41, 5.74) is 0.718. The van der Waals surface area contributed by atoms with Crippen molar-refractivity contribution in [3.63, 3.8) is 0 Å². The van der Waals surface area contributed by atoms with E-state index in [0.717, 1.165) is 32.1 Å². The number of nitrogens with one attached hydrogen (secondary N) is 2. The van der Waals surface area contributed by atoms with Gasteiger partial charge in [-0.25, -0.2) is 0 Å². The van der Waals surface area contributed by atoms with Crippen molar-refractivity contribution in [2.45, 2.75) is 56.5 Å². The van der Waals surface area contributed by atoms with Crippen molar-refractivity contribution in [2.75, 3.05) is 0 Å². The zero-order chi connectivity index (χ0) is 16.4. The molecule has 2 aromatic rings. The Balaban J connectivity index is 1.48. The maximum atomic E-state index is 12.7. The van der Waals surface area contributed by atoms with E-state index in [0.29, 0.717) is 23.2 Å². The number of amides is 1. The number of aryl methyl sites for hydroxylation is 1. The van der Waals surface area contributed by atoms with Gasteiger partial charge >= 0.3 is 0 Å². The molecule has 126 valence electrons. The summed E-state index contributed by atoms with van der Waals surface area (Å²) in [6, 6.07) is 0. The number of tetrazole rings is 1. The van der Waals surface area contributed by atoms with Gasteiger partial charge in [0.2, 0.25) is 0 Å². The van der Waals surface area contributed by atoms with Crippen LogP contribution in [0.4, 0.5) is 0 Å². The van der Waals surface area contributed by atoms with Crippen LogP contribution in [0.3, 0.4) is 0 Å². The average Bonchev–Trinajstić information content (AvgIpc) is 3.16. The van der Waals surface area contributed by atoms with E-state index < -0.39 is 0 Å². The van der Waals surface area contributed by atoms with Crippen LogP contribution in [0.25, 0.3) is 0 Å². The van der Waals surface area contributed by atoms with Crippen LogP contribution in [0.1, 0.15) is 54.7 Å². The van der Waals surface area contributed by atoms with Crippen LogP contribution in [-0.4, -0.2) is 47.1 Å². The normalized spacial score (nSPS) is 36.9. The van der Waals surface area contributed by atoms with Crippen LogP contribution in [0, 0.1) is 18.8 Å². The summed E-state index contributed by atoms with van der Waals surface area (Å²) in [5, 5.41) is 26.2. The Morgan fingerprint density at radius 3 is 2.71 bits per heavy atom. The van der Waals surface area contributed by atoms with Gasteiger partial charge in [0.25, 0.3) is 5.91 Å². The quantitative estimate of drug-likeness (QED) is 0.851. The van der Waals surface area contributed by atoms with Crippen LogP contribution in [0.5, 0.6) is 0 Å². The number of aromatic nitrogens is 7. The number of hydrogen-bond donors (Lipinski definition) is 2. The molecule has 2 unspecified atom stereocenters. The van der Waals surface area contributed by atoms with Gasteiger partial charge in [0.05, 0.1) is 11.2 Å². The maximum Gasteiger partial charge on any atom is 0.274 e. The third kappa shape index (κ3) is 1.93. The third-order valence-electron chi connectivity index (χ3n) is 6.12. The fourth-order valence-electron chi connectivity index (χ4n) is 5.78. The molecule has 0 aromatic carbocycles. The molecule has 2 heterocycles. The largest absolute Gasteiger partial charge is 0.345 e. The van der Waals surface area contributed by atoms with Gasteiger partial charge in [-0.3, -0.25) is 4.79 Å². The summed E-state index contributed by atoms with van der Waals surface area (Å²) in [7, 11) is 0. The van der Waals surface area contributed by atoms with E-state index in [9.17, 15) is 4.79 Å². The molecule has 4 saturated carbocycles. The Morgan fingerprint density at radius 1 is 1.29 bits per heavy atom. The number of carbonyl (C=O) groups excluding carboxylic acids is 1. The molecule has 6 rings (SSSR count). The summed E-state index contributed by atoms with van der Waals surface area (Å²) in [4.78, 5) is 14.5. The second kappa shape index (κ2) is 4.61. The first kappa shape index (κ1) is 14.1. The van der Waals surface area contributed by atoms with Gasteiger partial charge in [0.1, 0.15) is 0 Å². The minimum Gasteiger partial charge on any atom is -0.345 e. The topological polar surface area (TPSA) is 114 Å². The molecule has 4 fully saturated rings. The molecule has 2 aromatic heterocycles. The summed E-state index contributed by atoms with van der Waals surface area (Å²) < 4.78 is 0. The molecular formula is C15H20N8O. The highest BCUT2D eigenvalue weighted by Gasteiger charge is 2.60. The molecule has 9 heteroatoms. The summed E-state index contributed by atoms with van der Waals surface area (Å²) in [6.45, 7) is 1.79. The lowest BCUT2D eigenvalue weighted by Gasteiger charge is -2.61. The number of H-pyrrole nitrogens is 1. The van der Waals surface area contributed by atoms with Gasteiger partial charge in [0.15, 0.2) is 12.0 Å². The minimum absolute atomic E-state index is 0.104. The van der Waals surface area contributed by atoms with Crippen molar-refractivity contribution in [1.29, 1.82) is 0 Å². The third-order valence-corrected chi connectivity index (χ3v) is 6.12. The van der Waals surface area contributed by atoms with Gasteiger partial charge in [0, 0.05) is 5.54 Å². The molecule has 1 amide bonds. The smallest absolute Gasteiger partial charge is 0.274 e. The molecule has 2 N–H and O–H groups in total. The van der Waals surface area contributed by atoms with Crippen molar-refractivity contribution in [3.8, 4) is 0 Å². The molecular weight excluding hydrogens is 308 g/mol.